The van der Waals surface area contributed by atoms with Gasteiger partial charge in [-0.2, -0.15) is 0 Å². The van der Waals surface area contributed by atoms with Crippen molar-refractivity contribution in [2.75, 3.05) is 12.8 Å². The van der Waals surface area contributed by atoms with Crippen LogP contribution in [0.25, 0.3) is 17.0 Å². The van der Waals surface area contributed by atoms with Gasteiger partial charge in [-0.3, -0.25) is 4.98 Å². The highest BCUT2D eigenvalue weighted by atomic mass is 16.5. The molecule has 0 atom stereocenters. The summed E-state index contributed by atoms with van der Waals surface area (Å²) in [5, 5.41) is 15.7. The highest BCUT2D eigenvalue weighted by Crippen LogP contribution is 2.19. The van der Waals surface area contributed by atoms with Crippen molar-refractivity contribution in [1.29, 1.82) is 5.41 Å². The van der Waals surface area contributed by atoms with E-state index < -0.39 is 0 Å². The third kappa shape index (κ3) is 4.30. The molecule has 0 saturated heterocycles. The molecule has 3 aromatic rings. The molecule has 0 unspecified atom stereocenters. The lowest BCUT2D eigenvalue weighted by atomic mass is 10.2. The second-order valence-electron chi connectivity index (χ2n) is 5.62. The first-order chi connectivity index (χ1) is 13.1. The molecule has 3 rings (SSSR count). The molecular weight excluding hydrogens is 346 g/mol. The zero-order chi connectivity index (χ0) is 19.2. The van der Waals surface area contributed by atoms with Crippen LogP contribution in [-0.4, -0.2) is 43.3 Å². The van der Waals surface area contributed by atoms with E-state index in [1.54, 1.807) is 24.1 Å². The molecule has 0 spiro atoms. The van der Waals surface area contributed by atoms with Crippen molar-refractivity contribution in [2.24, 2.45) is 5.73 Å². The Morgan fingerprint density at radius 3 is 2.78 bits per heavy atom. The molecule has 0 saturated carbocycles. The number of nitrogen functional groups attached to an aromatic ring is 1. The number of allylic oxidation sites excluding steroid dienone is 1. The smallest absolute Gasteiger partial charge is 0.221 e. The summed E-state index contributed by atoms with van der Waals surface area (Å²) in [5.41, 5.74) is 14.9. The van der Waals surface area contributed by atoms with Gasteiger partial charge >= 0.3 is 0 Å². The summed E-state index contributed by atoms with van der Waals surface area (Å²) < 4.78 is 6.76. The molecule has 0 aromatic carbocycles. The maximum Gasteiger partial charge on any atom is 0.221 e. The van der Waals surface area contributed by atoms with Crippen LogP contribution in [0.1, 0.15) is 17.1 Å². The van der Waals surface area contributed by atoms with Crippen molar-refractivity contribution < 1.29 is 4.74 Å². The van der Waals surface area contributed by atoms with Crippen molar-refractivity contribution >= 4 is 17.7 Å². The Morgan fingerprint density at radius 2 is 2.04 bits per heavy atom. The molecule has 138 valence electrons. The van der Waals surface area contributed by atoms with E-state index in [4.69, 9.17) is 21.6 Å². The van der Waals surface area contributed by atoms with Crippen LogP contribution in [0.2, 0.25) is 0 Å². The minimum atomic E-state index is 0.0622. The molecule has 3 heterocycles. The van der Waals surface area contributed by atoms with Gasteiger partial charge in [-0.05, 0) is 18.2 Å². The van der Waals surface area contributed by atoms with Crippen LogP contribution in [0.3, 0.4) is 0 Å². The molecular formula is C17H19N9O. The van der Waals surface area contributed by atoms with Crippen LogP contribution < -0.4 is 11.5 Å². The summed E-state index contributed by atoms with van der Waals surface area (Å²) in [6, 6.07) is 7.39. The number of pyridine rings is 1. The number of nitrogens with one attached hydrogen (secondary N) is 1. The summed E-state index contributed by atoms with van der Waals surface area (Å²) in [7, 11) is 1.63. The lowest BCUT2D eigenvalue weighted by Crippen LogP contribution is -2.04. The lowest BCUT2D eigenvalue weighted by Gasteiger charge is -2.04. The Balaban J connectivity index is 1.86. The highest BCUT2D eigenvalue weighted by molar-refractivity contribution is 6.07. The topological polar surface area (TPSA) is 154 Å². The molecule has 0 radical (unpaired) electrons. The van der Waals surface area contributed by atoms with E-state index in [1.165, 1.54) is 6.20 Å². The number of methoxy groups -OCH3 is 1. The summed E-state index contributed by atoms with van der Waals surface area (Å²) in [5.74, 6) is 0.0622. The molecule has 0 bridgehead atoms. The molecule has 0 aliphatic heterocycles. The van der Waals surface area contributed by atoms with Gasteiger partial charge in [0.25, 0.3) is 0 Å². The second-order valence-corrected chi connectivity index (χ2v) is 5.62. The van der Waals surface area contributed by atoms with Gasteiger partial charge in [0, 0.05) is 25.1 Å². The Labute approximate surface area is 155 Å². The average molecular weight is 365 g/mol. The largest absolute Gasteiger partial charge is 0.404 e. The Hall–Kier alpha value is -3.66. The molecule has 0 aliphatic carbocycles. The number of aromatic nitrogens is 6. The summed E-state index contributed by atoms with van der Waals surface area (Å²) in [4.78, 5) is 12.8. The van der Waals surface area contributed by atoms with Gasteiger partial charge in [-0.25, -0.2) is 14.6 Å². The van der Waals surface area contributed by atoms with Crippen LogP contribution in [0.15, 0.2) is 36.7 Å². The number of rotatable bonds is 7. The van der Waals surface area contributed by atoms with Gasteiger partial charge in [0.1, 0.15) is 5.69 Å². The fourth-order valence-corrected chi connectivity index (χ4v) is 2.46. The highest BCUT2D eigenvalue weighted by Gasteiger charge is 2.11. The monoisotopic (exact) mass is 365 g/mol. The number of ether oxygens (including phenoxy) is 1. The third-order valence-electron chi connectivity index (χ3n) is 3.66. The average Bonchev–Trinajstić information content (AvgIpc) is 3.11. The van der Waals surface area contributed by atoms with Crippen molar-refractivity contribution in [3.63, 3.8) is 0 Å². The number of nitrogens with zero attached hydrogens (tertiary/aromatic N) is 6. The third-order valence-corrected chi connectivity index (χ3v) is 3.66. The van der Waals surface area contributed by atoms with Crippen LogP contribution in [-0.2, 0) is 17.9 Å². The van der Waals surface area contributed by atoms with Crippen molar-refractivity contribution in [2.45, 2.75) is 13.2 Å². The molecule has 27 heavy (non-hydrogen) atoms. The van der Waals surface area contributed by atoms with Crippen molar-refractivity contribution in [3.8, 4) is 11.4 Å². The van der Waals surface area contributed by atoms with Crippen LogP contribution in [0, 0.1) is 5.41 Å². The summed E-state index contributed by atoms with van der Waals surface area (Å²) in [6.45, 7) is 0.899. The molecule has 5 N–H and O–H groups in total. The van der Waals surface area contributed by atoms with Crippen LogP contribution >= 0.6 is 0 Å². The molecule has 3 aromatic heterocycles. The predicted molar refractivity (Wildman–Crippen MR) is 100 cm³/mol. The standard InChI is InChI=1S/C17H19N9O/c1-27-10-13-4-2-3-12(21-13)8-26-9-16(24-25-26)15-5-14(11(6-18)7-19)22-17(20)23-15/h2-7,9,18H,8,10,19H2,1H3,(H2,20,22,23)/b11-7+,18-6?. The van der Waals surface area contributed by atoms with E-state index in [1.807, 2.05) is 18.2 Å². The van der Waals surface area contributed by atoms with E-state index in [9.17, 15) is 0 Å². The first-order valence-corrected chi connectivity index (χ1v) is 8.04. The number of hydrogen-bond donors (Lipinski definition) is 3. The SMILES string of the molecule is COCc1cccc(Cn2cc(-c3cc(/C(C=N)=C/N)nc(N)n3)nn2)n1. The zero-order valence-electron chi connectivity index (χ0n) is 14.7. The van der Waals surface area contributed by atoms with Gasteiger partial charge in [0.05, 0.1) is 42.1 Å². The summed E-state index contributed by atoms with van der Waals surface area (Å²) >= 11 is 0. The molecule has 0 fully saturated rings. The Bertz CT molecular complexity index is 980. The van der Waals surface area contributed by atoms with Gasteiger partial charge < -0.3 is 21.6 Å². The first kappa shape index (κ1) is 18.1. The first-order valence-electron chi connectivity index (χ1n) is 8.04. The number of hydrogen-bond acceptors (Lipinski definition) is 9. The Morgan fingerprint density at radius 1 is 1.22 bits per heavy atom. The second kappa shape index (κ2) is 8.15. The molecule has 0 amide bonds. The quantitative estimate of drug-likeness (QED) is 0.521. The summed E-state index contributed by atoms with van der Waals surface area (Å²) in [6.07, 6.45) is 4.13. The molecule has 10 nitrogen and oxygen atoms in total. The van der Waals surface area contributed by atoms with E-state index >= 15 is 0 Å². The minimum Gasteiger partial charge on any atom is -0.404 e. The van der Waals surface area contributed by atoms with Gasteiger partial charge in [-0.15, -0.1) is 5.10 Å². The Kier molecular flexibility index (Phi) is 5.47. The zero-order valence-corrected chi connectivity index (χ0v) is 14.7. The number of nitrogens with two attached hydrogens (primary N) is 2. The fraction of sp³-hybridized carbons (Fsp3) is 0.176. The minimum absolute atomic E-state index is 0.0622. The van der Waals surface area contributed by atoms with Gasteiger partial charge in [-0.1, -0.05) is 11.3 Å². The normalized spacial score (nSPS) is 11.5. The van der Waals surface area contributed by atoms with Gasteiger partial charge in [0.15, 0.2) is 0 Å². The van der Waals surface area contributed by atoms with E-state index in [2.05, 4.69) is 25.3 Å². The van der Waals surface area contributed by atoms with E-state index in [0.29, 0.717) is 35.8 Å². The van der Waals surface area contributed by atoms with Crippen LogP contribution in [0.4, 0.5) is 5.95 Å². The van der Waals surface area contributed by atoms with Crippen LogP contribution in [0.5, 0.6) is 0 Å². The fourth-order valence-electron chi connectivity index (χ4n) is 2.46. The molecule has 10 heteroatoms. The predicted octanol–water partition coefficient (Wildman–Crippen LogP) is 0.856. The van der Waals surface area contributed by atoms with Crippen molar-refractivity contribution in [1.82, 2.24) is 29.9 Å². The maximum atomic E-state index is 7.40. The van der Waals surface area contributed by atoms with Gasteiger partial charge in [0.2, 0.25) is 5.95 Å². The number of anilines is 1. The van der Waals surface area contributed by atoms with E-state index in [0.717, 1.165) is 17.6 Å². The lowest BCUT2D eigenvalue weighted by molar-refractivity contribution is 0.181. The molecule has 0 aliphatic rings. The maximum absolute atomic E-state index is 7.40. The van der Waals surface area contributed by atoms with E-state index in [-0.39, 0.29) is 5.95 Å². The van der Waals surface area contributed by atoms with Crippen molar-refractivity contribution in [3.05, 3.63) is 53.7 Å².